The number of benzene rings is 2. The van der Waals surface area contributed by atoms with E-state index in [4.69, 9.17) is 9.47 Å². The van der Waals surface area contributed by atoms with Crippen LogP contribution in [0, 0.1) is 23.6 Å². The Bertz CT molecular complexity index is 1540. The number of halogens is 4. The molecule has 1 aromatic heterocycles. The molecule has 0 bridgehead atoms. The summed E-state index contributed by atoms with van der Waals surface area (Å²) in [6, 6.07) is 13.1. The first-order valence-corrected chi connectivity index (χ1v) is 15.2. The molecule has 10 heteroatoms. The molecule has 4 atom stereocenters. The second-order valence-electron chi connectivity index (χ2n) is 12.4. The molecule has 2 fully saturated rings. The number of nitrogens with zero attached hydrogens (tertiary/aromatic N) is 2. The van der Waals surface area contributed by atoms with Gasteiger partial charge in [0.15, 0.2) is 0 Å². The van der Waals surface area contributed by atoms with Crippen molar-refractivity contribution in [3.63, 3.8) is 0 Å². The third kappa shape index (κ3) is 6.27. The number of hydrogen-bond acceptors (Lipinski definition) is 5. The summed E-state index contributed by atoms with van der Waals surface area (Å²) in [5, 5.41) is 9.73. The molecule has 2 aliphatic heterocycles. The van der Waals surface area contributed by atoms with Gasteiger partial charge in [-0.05, 0) is 84.4 Å². The van der Waals surface area contributed by atoms with Gasteiger partial charge >= 0.3 is 12.1 Å². The van der Waals surface area contributed by atoms with Gasteiger partial charge in [-0.3, -0.25) is 9.69 Å². The number of carbonyl (C=O) groups is 1. The number of carboxylic acids is 1. The minimum absolute atomic E-state index is 0.0309. The van der Waals surface area contributed by atoms with Crippen molar-refractivity contribution in [3.05, 3.63) is 76.7 Å². The summed E-state index contributed by atoms with van der Waals surface area (Å²) in [4.78, 5) is 17.6. The Morgan fingerprint density at radius 3 is 2.59 bits per heavy atom. The molecule has 0 amide bonds. The number of pyridine rings is 1. The van der Waals surface area contributed by atoms with Gasteiger partial charge in [-0.25, -0.2) is 9.37 Å². The van der Waals surface area contributed by atoms with E-state index in [1.807, 2.05) is 30.3 Å². The van der Waals surface area contributed by atoms with Crippen molar-refractivity contribution in [2.45, 2.75) is 63.8 Å². The van der Waals surface area contributed by atoms with Crippen molar-refractivity contribution in [2.24, 2.45) is 17.8 Å². The maximum Gasteiger partial charge on any atom is 0.393 e. The smallest absolute Gasteiger partial charge is 0.393 e. The molecule has 0 radical (unpaired) electrons. The Kier molecular flexibility index (Phi) is 8.30. The van der Waals surface area contributed by atoms with Crippen LogP contribution in [0.25, 0.3) is 11.1 Å². The summed E-state index contributed by atoms with van der Waals surface area (Å²) in [5.41, 5.74) is 4.41. The van der Waals surface area contributed by atoms with Crippen LogP contribution in [-0.4, -0.2) is 47.3 Å². The van der Waals surface area contributed by atoms with Gasteiger partial charge in [0.1, 0.15) is 17.7 Å². The van der Waals surface area contributed by atoms with Crippen molar-refractivity contribution in [1.29, 1.82) is 0 Å². The highest BCUT2D eigenvalue weighted by molar-refractivity contribution is 5.71. The predicted molar refractivity (Wildman–Crippen MR) is 156 cm³/mol. The fraction of sp³-hybridized carbons (Fsp3) is 0.471. The Morgan fingerprint density at radius 2 is 1.91 bits per heavy atom. The SMILES string of the molecule is COc1cc(-c2ccc(C3CCc4ccc(C(C5CC5)[C@H](C)C(=O)O)cc4O3)cc2CN2CC[C@@H](C(F)(F)F)C2)c(F)cn1. The molecule has 2 unspecified atom stereocenters. The van der Waals surface area contributed by atoms with Gasteiger partial charge in [-0.2, -0.15) is 13.2 Å². The highest BCUT2D eigenvalue weighted by Crippen LogP contribution is 2.48. The van der Waals surface area contributed by atoms with Crippen LogP contribution in [-0.2, 0) is 17.8 Å². The predicted octanol–water partition coefficient (Wildman–Crippen LogP) is 7.56. The summed E-state index contributed by atoms with van der Waals surface area (Å²) in [5.74, 6) is -2.03. The van der Waals surface area contributed by atoms with E-state index >= 15 is 4.39 Å². The number of rotatable bonds is 9. The van der Waals surface area contributed by atoms with Crippen LogP contribution in [0.5, 0.6) is 11.6 Å². The van der Waals surface area contributed by atoms with Crippen molar-refractivity contribution < 1.29 is 36.9 Å². The molecule has 1 N–H and O–H groups in total. The number of aryl methyl sites for hydroxylation is 1. The Morgan fingerprint density at radius 1 is 1.11 bits per heavy atom. The van der Waals surface area contributed by atoms with E-state index < -0.39 is 29.8 Å². The van der Waals surface area contributed by atoms with Crippen LogP contribution >= 0.6 is 0 Å². The highest BCUT2D eigenvalue weighted by atomic mass is 19.4. The Hall–Kier alpha value is -3.66. The van der Waals surface area contributed by atoms with E-state index in [9.17, 15) is 23.1 Å². The lowest BCUT2D eigenvalue weighted by Crippen LogP contribution is -2.27. The Labute approximate surface area is 254 Å². The van der Waals surface area contributed by atoms with Crippen LogP contribution in [0.3, 0.4) is 0 Å². The lowest BCUT2D eigenvalue weighted by atomic mass is 9.82. The van der Waals surface area contributed by atoms with Gasteiger partial charge in [0, 0.05) is 24.7 Å². The number of carboxylic acid groups (broad SMARTS) is 1. The van der Waals surface area contributed by atoms with E-state index in [1.165, 1.54) is 13.2 Å². The minimum atomic E-state index is -4.26. The zero-order valence-electron chi connectivity index (χ0n) is 24.7. The average molecular weight is 613 g/mol. The third-order valence-corrected chi connectivity index (χ3v) is 9.44. The van der Waals surface area contributed by atoms with Crippen LogP contribution in [0.1, 0.15) is 66.9 Å². The topological polar surface area (TPSA) is 71.9 Å². The molecule has 1 saturated carbocycles. The molecule has 2 aromatic carbocycles. The molecule has 3 aliphatic rings. The maximum absolute atomic E-state index is 15.1. The Balaban J connectivity index is 1.31. The summed E-state index contributed by atoms with van der Waals surface area (Å²) >= 11 is 0. The first-order valence-electron chi connectivity index (χ1n) is 15.2. The molecule has 1 saturated heterocycles. The zero-order chi connectivity index (χ0) is 31.2. The molecule has 1 aliphatic carbocycles. The molecule has 3 aromatic rings. The lowest BCUT2D eigenvalue weighted by molar-refractivity contribution is -0.170. The van der Waals surface area contributed by atoms with Gasteiger partial charge in [-0.15, -0.1) is 0 Å². The molecule has 6 nitrogen and oxygen atoms in total. The first kappa shape index (κ1) is 30.4. The molecule has 44 heavy (non-hydrogen) atoms. The number of aliphatic carboxylic acids is 1. The second-order valence-corrected chi connectivity index (χ2v) is 12.4. The van der Waals surface area contributed by atoms with Crippen molar-refractivity contribution in [3.8, 4) is 22.8 Å². The zero-order valence-corrected chi connectivity index (χ0v) is 24.7. The largest absolute Gasteiger partial charge is 0.485 e. The number of likely N-dealkylation sites (tertiary alicyclic amines) is 1. The standard InChI is InChI=1S/C34H36F4N2O4/c1-19(33(41)42)32(21-4-5-21)23-6-3-20-8-10-29(44-30(20)14-23)22-7-9-26(27-15-31(43-2)39-16-28(27)35)24(13-22)17-40-12-11-25(18-40)34(36,37)38/h3,6-7,9,13-16,19,21,25,29,32H,4-5,8,10-12,17-18H2,1-2H3,(H,41,42)/t19-,25+,29?,32?/m0/s1. The number of methoxy groups -OCH3 is 1. The van der Waals surface area contributed by atoms with Crippen LogP contribution < -0.4 is 9.47 Å². The van der Waals surface area contributed by atoms with Gasteiger partial charge in [0.05, 0.1) is 25.1 Å². The summed E-state index contributed by atoms with van der Waals surface area (Å²) in [6.07, 6.45) is 0.0252. The molecular weight excluding hydrogens is 576 g/mol. The van der Waals surface area contributed by atoms with Crippen molar-refractivity contribution in [1.82, 2.24) is 9.88 Å². The fourth-order valence-corrected chi connectivity index (χ4v) is 6.84. The third-order valence-electron chi connectivity index (χ3n) is 9.44. The first-order chi connectivity index (χ1) is 21.0. The van der Waals surface area contributed by atoms with Gasteiger partial charge < -0.3 is 14.6 Å². The van der Waals surface area contributed by atoms with Gasteiger partial charge in [0.25, 0.3) is 0 Å². The number of ether oxygens (including phenoxy) is 2. The van der Waals surface area contributed by atoms with E-state index in [-0.39, 0.29) is 43.0 Å². The molecule has 0 spiro atoms. The fourth-order valence-electron chi connectivity index (χ4n) is 6.84. The van der Waals surface area contributed by atoms with Gasteiger partial charge in [-0.1, -0.05) is 37.3 Å². The summed E-state index contributed by atoms with van der Waals surface area (Å²) in [6.45, 7) is 2.17. The monoisotopic (exact) mass is 612 g/mol. The molecule has 3 heterocycles. The van der Waals surface area contributed by atoms with E-state index in [1.54, 1.807) is 17.9 Å². The van der Waals surface area contributed by atoms with Crippen molar-refractivity contribution in [2.75, 3.05) is 20.2 Å². The summed E-state index contributed by atoms with van der Waals surface area (Å²) < 4.78 is 67.1. The molecular formula is C34H36F4N2O4. The second kappa shape index (κ2) is 12.0. The number of alkyl halides is 3. The van der Waals surface area contributed by atoms with Crippen LogP contribution in [0.2, 0.25) is 0 Å². The summed E-state index contributed by atoms with van der Waals surface area (Å²) in [7, 11) is 1.44. The molecule has 234 valence electrons. The number of fused-ring (bicyclic) bond motifs is 1. The highest BCUT2D eigenvalue weighted by Gasteiger charge is 2.43. The minimum Gasteiger partial charge on any atom is -0.485 e. The van der Waals surface area contributed by atoms with E-state index in [2.05, 4.69) is 4.98 Å². The maximum atomic E-state index is 15.1. The van der Waals surface area contributed by atoms with E-state index in [0.29, 0.717) is 30.0 Å². The normalized spacial score (nSPS) is 21.8. The quantitative estimate of drug-likeness (QED) is 0.252. The van der Waals surface area contributed by atoms with E-state index in [0.717, 1.165) is 47.9 Å². The number of hydrogen-bond donors (Lipinski definition) is 1. The average Bonchev–Trinajstić information content (AvgIpc) is 3.72. The lowest BCUT2D eigenvalue weighted by Gasteiger charge is -2.29. The number of aromatic nitrogens is 1. The van der Waals surface area contributed by atoms with Gasteiger partial charge in [0.2, 0.25) is 5.88 Å². The van der Waals surface area contributed by atoms with Crippen LogP contribution in [0.15, 0.2) is 48.7 Å². The van der Waals surface area contributed by atoms with Crippen LogP contribution in [0.4, 0.5) is 17.6 Å². The molecule has 6 rings (SSSR count). The van der Waals surface area contributed by atoms with Crippen molar-refractivity contribution >= 4 is 5.97 Å².